The van der Waals surface area contributed by atoms with Gasteiger partial charge in [0.05, 0.1) is 6.54 Å². The van der Waals surface area contributed by atoms with Crippen molar-refractivity contribution in [3.63, 3.8) is 0 Å². The van der Waals surface area contributed by atoms with Crippen LogP contribution in [0.25, 0.3) is 0 Å². The Hall–Kier alpha value is -2.00. The highest BCUT2D eigenvalue weighted by atomic mass is 32.2. The van der Waals surface area contributed by atoms with Gasteiger partial charge in [0.15, 0.2) is 0 Å². The second kappa shape index (κ2) is 5.97. The van der Waals surface area contributed by atoms with Crippen molar-refractivity contribution in [3.8, 4) is 0 Å². The molecule has 2 aromatic heterocycles. The number of aromatic amines is 1. The number of rotatable bonds is 6. The highest BCUT2D eigenvalue weighted by Gasteiger charge is 2.22. The maximum atomic E-state index is 12.3. The predicted molar refractivity (Wildman–Crippen MR) is 73.4 cm³/mol. The monoisotopic (exact) mass is 296 g/mol. The van der Waals surface area contributed by atoms with Gasteiger partial charge in [-0.25, -0.2) is 18.4 Å². The molecule has 0 spiro atoms. The van der Waals surface area contributed by atoms with Crippen LogP contribution in [-0.4, -0.2) is 46.5 Å². The lowest BCUT2D eigenvalue weighted by atomic mass is 10.4. The van der Waals surface area contributed by atoms with E-state index in [9.17, 15) is 8.42 Å². The quantitative estimate of drug-likeness (QED) is 0.802. The number of nitrogens with zero attached hydrogens (tertiary/aromatic N) is 4. The molecule has 0 aliphatic heterocycles. The molecule has 2 aromatic rings. The highest BCUT2D eigenvalue weighted by molar-refractivity contribution is 7.89. The van der Waals surface area contributed by atoms with Gasteiger partial charge in [0, 0.05) is 19.8 Å². The number of H-pyrrole nitrogens is 1. The molecule has 0 saturated heterocycles. The summed E-state index contributed by atoms with van der Waals surface area (Å²) in [6.07, 6.45) is 2.67. The molecule has 0 aromatic carbocycles. The van der Waals surface area contributed by atoms with Gasteiger partial charge in [0.1, 0.15) is 22.9 Å². The summed E-state index contributed by atoms with van der Waals surface area (Å²) in [4.78, 5) is 8.10. The molecule has 0 atom stereocenters. The van der Waals surface area contributed by atoms with E-state index in [0.717, 1.165) is 6.54 Å². The Balaban J connectivity index is 2.16. The first-order valence-electron chi connectivity index (χ1n) is 6.04. The van der Waals surface area contributed by atoms with Crippen LogP contribution in [0.5, 0.6) is 0 Å². The summed E-state index contributed by atoms with van der Waals surface area (Å²) >= 11 is 0. The van der Waals surface area contributed by atoms with Crippen molar-refractivity contribution in [3.05, 3.63) is 30.5 Å². The first-order valence-corrected chi connectivity index (χ1v) is 7.48. The molecule has 0 fully saturated rings. The number of hydrogen-bond acceptors (Lipinski definition) is 6. The van der Waals surface area contributed by atoms with Crippen molar-refractivity contribution < 1.29 is 8.42 Å². The molecule has 0 aliphatic carbocycles. The van der Waals surface area contributed by atoms with Gasteiger partial charge in [-0.1, -0.05) is 0 Å². The minimum Gasteiger partial charge on any atom is -0.370 e. The standard InChI is InChI=1S/C11H16N6O2S/c1-3-12-10-5-4-9(6-13-10)20(18,19)17(2)7-11-14-8-15-16-11/h4-6,8H,3,7H2,1-2H3,(H,12,13)(H,14,15,16). The average molecular weight is 296 g/mol. The fourth-order valence-electron chi connectivity index (χ4n) is 1.60. The van der Waals surface area contributed by atoms with Crippen LogP contribution in [0, 0.1) is 0 Å². The Kier molecular flexibility index (Phi) is 4.30. The lowest BCUT2D eigenvalue weighted by Crippen LogP contribution is -2.27. The Labute approximate surface area is 117 Å². The van der Waals surface area contributed by atoms with Gasteiger partial charge < -0.3 is 5.32 Å². The predicted octanol–water partition coefficient (Wildman–Crippen LogP) is 0.452. The maximum Gasteiger partial charge on any atom is 0.244 e. The van der Waals surface area contributed by atoms with Crippen LogP contribution in [0.2, 0.25) is 0 Å². The molecule has 2 rings (SSSR count). The van der Waals surface area contributed by atoms with Crippen LogP contribution in [0.3, 0.4) is 0 Å². The van der Waals surface area contributed by atoms with E-state index in [1.165, 1.54) is 29.9 Å². The zero-order valence-electron chi connectivity index (χ0n) is 11.2. The van der Waals surface area contributed by atoms with Gasteiger partial charge in [0.2, 0.25) is 10.0 Å². The summed E-state index contributed by atoms with van der Waals surface area (Å²) in [5.74, 6) is 1.12. The zero-order valence-corrected chi connectivity index (χ0v) is 12.1. The van der Waals surface area contributed by atoms with E-state index in [2.05, 4.69) is 25.5 Å². The number of hydrogen-bond donors (Lipinski definition) is 2. The molecular weight excluding hydrogens is 280 g/mol. The molecule has 108 valence electrons. The topological polar surface area (TPSA) is 104 Å². The Morgan fingerprint density at radius 2 is 2.15 bits per heavy atom. The van der Waals surface area contributed by atoms with Crippen molar-refractivity contribution in [2.75, 3.05) is 18.9 Å². The molecule has 0 radical (unpaired) electrons. The fourth-order valence-corrected chi connectivity index (χ4v) is 2.68. The van der Waals surface area contributed by atoms with Crippen LogP contribution in [0.4, 0.5) is 5.82 Å². The smallest absolute Gasteiger partial charge is 0.244 e. The van der Waals surface area contributed by atoms with E-state index in [0.29, 0.717) is 11.6 Å². The highest BCUT2D eigenvalue weighted by Crippen LogP contribution is 2.16. The lowest BCUT2D eigenvalue weighted by molar-refractivity contribution is 0.457. The molecule has 20 heavy (non-hydrogen) atoms. The van der Waals surface area contributed by atoms with E-state index in [4.69, 9.17) is 0 Å². The van der Waals surface area contributed by atoms with Crippen molar-refractivity contribution in [1.29, 1.82) is 0 Å². The summed E-state index contributed by atoms with van der Waals surface area (Å²) in [6.45, 7) is 2.79. The van der Waals surface area contributed by atoms with Gasteiger partial charge in [-0.2, -0.15) is 9.40 Å². The molecular formula is C11H16N6O2S. The van der Waals surface area contributed by atoms with E-state index in [1.54, 1.807) is 6.07 Å². The molecule has 9 heteroatoms. The molecule has 2 N–H and O–H groups in total. The number of aromatic nitrogens is 4. The average Bonchev–Trinajstić information content (AvgIpc) is 2.92. The summed E-state index contributed by atoms with van der Waals surface area (Å²) in [6, 6.07) is 3.16. The summed E-state index contributed by atoms with van der Waals surface area (Å²) < 4.78 is 25.9. The normalized spacial score (nSPS) is 11.8. The van der Waals surface area contributed by atoms with Gasteiger partial charge in [0.25, 0.3) is 0 Å². The van der Waals surface area contributed by atoms with E-state index >= 15 is 0 Å². The van der Waals surface area contributed by atoms with E-state index in [1.807, 2.05) is 6.92 Å². The van der Waals surface area contributed by atoms with Crippen LogP contribution in [-0.2, 0) is 16.6 Å². The van der Waals surface area contributed by atoms with Crippen LogP contribution in [0.15, 0.2) is 29.6 Å². The largest absolute Gasteiger partial charge is 0.370 e. The molecule has 0 saturated carbocycles. The van der Waals surface area contributed by atoms with E-state index in [-0.39, 0.29) is 11.4 Å². The molecule has 0 aliphatic rings. The van der Waals surface area contributed by atoms with Gasteiger partial charge in [-0.05, 0) is 19.1 Å². The Bertz CT molecular complexity index is 638. The third-order valence-electron chi connectivity index (χ3n) is 2.64. The minimum absolute atomic E-state index is 0.122. The molecule has 0 bridgehead atoms. The van der Waals surface area contributed by atoms with Gasteiger partial charge >= 0.3 is 0 Å². The van der Waals surface area contributed by atoms with E-state index < -0.39 is 10.0 Å². The number of nitrogens with one attached hydrogen (secondary N) is 2. The van der Waals surface area contributed by atoms with Crippen LogP contribution < -0.4 is 5.32 Å². The molecule has 2 heterocycles. The summed E-state index contributed by atoms with van der Waals surface area (Å²) in [5, 5.41) is 9.32. The van der Waals surface area contributed by atoms with Crippen molar-refractivity contribution in [1.82, 2.24) is 24.5 Å². The third-order valence-corrected chi connectivity index (χ3v) is 4.43. The zero-order chi connectivity index (χ0) is 14.6. The maximum absolute atomic E-state index is 12.3. The molecule has 0 unspecified atom stereocenters. The second-order valence-electron chi connectivity index (χ2n) is 4.10. The third kappa shape index (κ3) is 3.11. The van der Waals surface area contributed by atoms with Gasteiger partial charge in [-0.3, -0.25) is 5.10 Å². The van der Waals surface area contributed by atoms with Crippen molar-refractivity contribution in [2.24, 2.45) is 0 Å². The lowest BCUT2D eigenvalue weighted by Gasteiger charge is -2.15. The Morgan fingerprint density at radius 3 is 2.70 bits per heavy atom. The number of pyridine rings is 1. The summed E-state index contributed by atoms with van der Waals surface area (Å²) in [5.41, 5.74) is 0. The molecule has 0 amide bonds. The second-order valence-corrected chi connectivity index (χ2v) is 6.15. The fraction of sp³-hybridized carbons (Fsp3) is 0.364. The van der Waals surface area contributed by atoms with Crippen LogP contribution >= 0.6 is 0 Å². The Morgan fingerprint density at radius 1 is 1.35 bits per heavy atom. The first-order chi connectivity index (χ1) is 9.54. The van der Waals surface area contributed by atoms with Crippen molar-refractivity contribution in [2.45, 2.75) is 18.4 Å². The summed E-state index contributed by atoms with van der Waals surface area (Å²) in [7, 11) is -2.11. The first kappa shape index (κ1) is 14.4. The number of sulfonamides is 1. The van der Waals surface area contributed by atoms with Gasteiger partial charge in [-0.15, -0.1) is 0 Å². The molecule has 8 nitrogen and oxygen atoms in total. The van der Waals surface area contributed by atoms with Crippen molar-refractivity contribution >= 4 is 15.8 Å². The minimum atomic E-state index is -3.59. The SMILES string of the molecule is CCNc1ccc(S(=O)(=O)N(C)Cc2ncn[nH]2)cn1. The number of anilines is 1. The van der Waals surface area contributed by atoms with Crippen LogP contribution in [0.1, 0.15) is 12.7 Å².